The van der Waals surface area contributed by atoms with Gasteiger partial charge in [0.25, 0.3) is 6.43 Å². The predicted molar refractivity (Wildman–Crippen MR) is 113 cm³/mol. The van der Waals surface area contributed by atoms with Gasteiger partial charge in [0, 0.05) is 18.0 Å². The Balaban J connectivity index is 0.00000261. The molecule has 0 spiro atoms. The van der Waals surface area contributed by atoms with Gasteiger partial charge in [0.2, 0.25) is 5.88 Å². The highest BCUT2D eigenvalue weighted by Gasteiger charge is 2.13. The summed E-state index contributed by atoms with van der Waals surface area (Å²) in [6, 6.07) is 9.52. The molecule has 0 radical (unpaired) electrons. The largest absolute Gasteiger partial charge is 0.472 e. The number of aliphatic imine (C=N–C) groups is 1. The molecule has 27 heavy (non-hydrogen) atoms. The standard InChI is InChI=1S/C19H22F2N4O.HI/c20-17(21)12-26-18-10-13(8-9-23-18)11-24-19(22)25-16-7-3-5-14-4-1-2-6-15(14)16;/h3,5,7-10,17H,1-2,4,6,11-12H2,(H3,22,24,25);1H. The first-order valence-corrected chi connectivity index (χ1v) is 8.65. The number of ether oxygens (including phenoxy) is 1. The summed E-state index contributed by atoms with van der Waals surface area (Å²) < 4.78 is 29.3. The highest BCUT2D eigenvalue weighted by atomic mass is 127. The number of aromatic nitrogens is 1. The first-order valence-electron chi connectivity index (χ1n) is 8.65. The van der Waals surface area contributed by atoms with Gasteiger partial charge >= 0.3 is 0 Å². The lowest BCUT2D eigenvalue weighted by Gasteiger charge is -2.19. The normalized spacial score (nSPS) is 13.7. The van der Waals surface area contributed by atoms with Crippen LogP contribution in [0.1, 0.15) is 29.5 Å². The fourth-order valence-electron chi connectivity index (χ4n) is 3.03. The lowest BCUT2D eigenvalue weighted by atomic mass is 9.90. The fraction of sp³-hybridized carbons (Fsp3) is 0.368. The van der Waals surface area contributed by atoms with Crippen molar-refractivity contribution in [2.75, 3.05) is 11.9 Å². The van der Waals surface area contributed by atoms with Crippen LogP contribution in [0.3, 0.4) is 0 Å². The number of aryl methyl sites for hydroxylation is 1. The van der Waals surface area contributed by atoms with E-state index in [9.17, 15) is 8.78 Å². The average Bonchev–Trinajstić information content (AvgIpc) is 2.65. The van der Waals surface area contributed by atoms with E-state index >= 15 is 0 Å². The number of benzene rings is 1. The van der Waals surface area contributed by atoms with E-state index in [1.54, 1.807) is 12.1 Å². The van der Waals surface area contributed by atoms with Crippen molar-refractivity contribution in [2.45, 2.75) is 38.7 Å². The summed E-state index contributed by atoms with van der Waals surface area (Å²) in [7, 11) is 0. The number of alkyl halides is 2. The molecule has 0 atom stereocenters. The van der Waals surface area contributed by atoms with Crippen LogP contribution in [-0.2, 0) is 19.4 Å². The quantitative estimate of drug-likeness (QED) is 0.364. The lowest BCUT2D eigenvalue weighted by molar-refractivity contribution is 0.0795. The molecule has 1 aliphatic rings. The Morgan fingerprint density at radius 1 is 1.26 bits per heavy atom. The average molecular weight is 488 g/mol. The van der Waals surface area contributed by atoms with Gasteiger partial charge in [0.05, 0.1) is 6.54 Å². The molecule has 0 unspecified atom stereocenters. The summed E-state index contributed by atoms with van der Waals surface area (Å²) in [4.78, 5) is 8.23. The van der Waals surface area contributed by atoms with Gasteiger partial charge in [-0.2, -0.15) is 0 Å². The third-order valence-electron chi connectivity index (χ3n) is 4.25. The number of nitrogens with one attached hydrogen (secondary N) is 1. The predicted octanol–water partition coefficient (Wildman–Crippen LogP) is 4.15. The minimum atomic E-state index is -2.53. The van der Waals surface area contributed by atoms with Gasteiger partial charge in [-0.05, 0) is 54.5 Å². The highest BCUT2D eigenvalue weighted by molar-refractivity contribution is 14.0. The van der Waals surface area contributed by atoms with Crippen molar-refractivity contribution in [3.05, 3.63) is 53.2 Å². The third kappa shape index (κ3) is 6.30. The van der Waals surface area contributed by atoms with Crippen LogP contribution in [0.4, 0.5) is 14.5 Å². The van der Waals surface area contributed by atoms with Crippen LogP contribution < -0.4 is 15.8 Å². The van der Waals surface area contributed by atoms with Gasteiger partial charge in [-0.3, -0.25) is 0 Å². The third-order valence-corrected chi connectivity index (χ3v) is 4.25. The second-order valence-corrected chi connectivity index (χ2v) is 6.18. The van der Waals surface area contributed by atoms with E-state index in [0.29, 0.717) is 12.5 Å². The molecule has 1 aromatic carbocycles. The van der Waals surface area contributed by atoms with Crippen LogP contribution in [0.25, 0.3) is 0 Å². The number of guanidine groups is 1. The summed E-state index contributed by atoms with van der Waals surface area (Å²) in [5.74, 6) is 0.470. The van der Waals surface area contributed by atoms with Crippen molar-refractivity contribution < 1.29 is 13.5 Å². The maximum atomic E-state index is 12.2. The number of pyridine rings is 1. The zero-order valence-electron chi connectivity index (χ0n) is 14.8. The van der Waals surface area contributed by atoms with Gasteiger partial charge in [-0.1, -0.05) is 12.1 Å². The number of fused-ring (bicyclic) bond motifs is 1. The number of hydrogen-bond donors (Lipinski definition) is 2. The van der Waals surface area contributed by atoms with Crippen molar-refractivity contribution >= 4 is 35.6 Å². The lowest BCUT2D eigenvalue weighted by Crippen LogP contribution is -2.24. The van der Waals surface area contributed by atoms with E-state index in [1.165, 1.54) is 30.2 Å². The molecule has 2 aromatic rings. The molecular weight excluding hydrogens is 465 g/mol. The molecule has 8 heteroatoms. The monoisotopic (exact) mass is 488 g/mol. The smallest absolute Gasteiger partial charge is 0.272 e. The number of anilines is 1. The van der Waals surface area contributed by atoms with Crippen molar-refractivity contribution in [1.29, 1.82) is 0 Å². The fourth-order valence-corrected chi connectivity index (χ4v) is 3.03. The molecule has 0 amide bonds. The summed E-state index contributed by atoms with van der Waals surface area (Å²) in [5, 5.41) is 3.18. The Hall–Kier alpha value is -1.97. The van der Waals surface area contributed by atoms with Gasteiger partial charge in [-0.25, -0.2) is 18.8 Å². The van der Waals surface area contributed by atoms with E-state index in [2.05, 4.69) is 21.4 Å². The summed E-state index contributed by atoms with van der Waals surface area (Å²) in [5.41, 5.74) is 10.5. The van der Waals surface area contributed by atoms with E-state index in [0.717, 1.165) is 24.1 Å². The van der Waals surface area contributed by atoms with Gasteiger partial charge in [0.1, 0.15) is 0 Å². The Morgan fingerprint density at radius 3 is 2.89 bits per heavy atom. The van der Waals surface area contributed by atoms with Crippen LogP contribution in [-0.4, -0.2) is 24.0 Å². The Labute approximate surface area is 174 Å². The topological polar surface area (TPSA) is 72.5 Å². The minimum Gasteiger partial charge on any atom is -0.472 e. The van der Waals surface area contributed by atoms with Gasteiger partial charge in [-0.15, -0.1) is 24.0 Å². The summed E-state index contributed by atoms with van der Waals surface area (Å²) in [6.07, 6.45) is 3.51. The molecule has 0 aliphatic heterocycles. The van der Waals surface area contributed by atoms with Crippen LogP contribution >= 0.6 is 24.0 Å². The van der Waals surface area contributed by atoms with Crippen molar-refractivity contribution in [3.8, 4) is 5.88 Å². The van der Waals surface area contributed by atoms with E-state index < -0.39 is 13.0 Å². The number of halogens is 3. The first-order chi connectivity index (χ1) is 12.6. The van der Waals surface area contributed by atoms with Crippen LogP contribution in [0.5, 0.6) is 5.88 Å². The Bertz CT molecular complexity index is 786. The van der Waals surface area contributed by atoms with Crippen LogP contribution in [0.2, 0.25) is 0 Å². The molecule has 3 rings (SSSR count). The maximum Gasteiger partial charge on any atom is 0.272 e. The first kappa shape index (κ1) is 21.3. The van der Waals surface area contributed by atoms with E-state index in [-0.39, 0.29) is 29.9 Å². The number of nitrogens with zero attached hydrogens (tertiary/aromatic N) is 2. The van der Waals surface area contributed by atoms with Crippen molar-refractivity contribution in [1.82, 2.24) is 4.98 Å². The molecule has 3 N–H and O–H groups in total. The van der Waals surface area contributed by atoms with Crippen molar-refractivity contribution in [2.24, 2.45) is 10.7 Å². The van der Waals surface area contributed by atoms with E-state index in [1.807, 2.05) is 12.1 Å². The molecule has 1 aromatic heterocycles. The zero-order chi connectivity index (χ0) is 18.4. The molecule has 0 saturated heterocycles. The number of nitrogens with two attached hydrogens (primary N) is 1. The second kappa shape index (κ2) is 10.4. The van der Waals surface area contributed by atoms with Crippen LogP contribution in [0.15, 0.2) is 41.5 Å². The number of rotatable bonds is 6. The second-order valence-electron chi connectivity index (χ2n) is 6.18. The molecule has 0 fully saturated rings. The molecule has 0 bridgehead atoms. The van der Waals surface area contributed by atoms with Crippen molar-refractivity contribution in [3.63, 3.8) is 0 Å². The van der Waals surface area contributed by atoms with Gasteiger partial charge < -0.3 is 15.8 Å². The minimum absolute atomic E-state index is 0. The number of hydrogen-bond acceptors (Lipinski definition) is 3. The maximum absolute atomic E-state index is 12.2. The summed E-state index contributed by atoms with van der Waals surface area (Å²) >= 11 is 0. The molecule has 5 nitrogen and oxygen atoms in total. The SMILES string of the molecule is I.NC(=NCc1ccnc(OCC(F)F)c1)Nc1cccc2c1CCCC2. The van der Waals surface area contributed by atoms with E-state index in [4.69, 9.17) is 10.5 Å². The Morgan fingerprint density at radius 2 is 2.07 bits per heavy atom. The van der Waals surface area contributed by atoms with Gasteiger partial charge in [0.15, 0.2) is 12.6 Å². The Kier molecular flexibility index (Phi) is 8.21. The zero-order valence-corrected chi connectivity index (χ0v) is 17.2. The molecule has 0 saturated carbocycles. The molecule has 1 aliphatic carbocycles. The summed E-state index contributed by atoms with van der Waals surface area (Å²) in [6.45, 7) is -0.371. The molecular formula is C19H23F2IN4O. The highest BCUT2D eigenvalue weighted by Crippen LogP contribution is 2.27. The molecule has 146 valence electrons. The van der Waals surface area contributed by atoms with Crippen LogP contribution in [0, 0.1) is 0 Å². The molecule has 1 heterocycles.